The summed E-state index contributed by atoms with van der Waals surface area (Å²) < 4.78 is 17.1. The van der Waals surface area contributed by atoms with Crippen LogP contribution >= 0.6 is 0 Å². The number of hydrogen-bond acceptors (Lipinski definition) is 4. The van der Waals surface area contributed by atoms with Crippen molar-refractivity contribution in [2.75, 3.05) is 6.79 Å². The Labute approximate surface area is 175 Å². The summed E-state index contributed by atoms with van der Waals surface area (Å²) >= 11 is 0. The van der Waals surface area contributed by atoms with Gasteiger partial charge in [-0.05, 0) is 55.3 Å². The summed E-state index contributed by atoms with van der Waals surface area (Å²) in [6, 6.07) is 18.1. The molecule has 30 heavy (non-hydrogen) atoms. The van der Waals surface area contributed by atoms with Gasteiger partial charge in [-0.15, -0.1) is 0 Å². The van der Waals surface area contributed by atoms with E-state index in [1.54, 1.807) is 0 Å². The number of ether oxygens (including phenoxy) is 3. The molecule has 0 atom stereocenters. The number of nitrogens with zero attached hydrogens (tertiary/aromatic N) is 1. The van der Waals surface area contributed by atoms with E-state index in [9.17, 15) is 0 Å². The second-order valence-electron chi connectivity index (χ2n) is 7.43. The van der Waals surface area contributed by atoms with E-state index in [2.05, 4.69) is 30.1 Å². The molecule has 3 aromatic rings. The van der Waals surface area contributed by atoms with Gasteiger partial charge in [0.1, 0.15) is 18.1 Å². The van der Waals surface area contributed by atoms with E-state index in [1.165, 1.54) is 5.56 Å². The number of nitrogens with one attached hydrogen (secondary N) is 1. The topological polar surface area (TPSA) is 55.8 Å². The molecule has 2 aromatic carbocycles. The summed E-state index contributed by atoms with van der Waals surface area (Å²) in [5.41, 5.74) is 7.03. The maximum absolute atomic E-state index is 6.17. The van der Waals surface area contributed by atoms with E-state index in [-0.39, 0.29) is 6.79 Å². The molecule has 1 N–H and O–H groups in total. The largest absolute Gasteiger partial charge is 0.487 e. The van der Waals surface area contributed by atoms with Crippen molar-refractivity contribution >= 4 is 11.8 Å². The predicted molar refractivity (Wildman–Crippen MR) is 117 cm³/mol. The third kappa shape index (κ3) is 3.62. The number of aryl methyl sites for hydroxylation is 2. The van der Waals surface area contributed by atoms with E-state index in [4.69, 9.17) is 19.2 Å². The molecule has 5 rings (SSSR count). The monoisotopic (exact) mass is 398 g/mol. The van der Waals surface area contributed by atoms with Crippen molar-refractivity contribution in [3.05, 3.63) is 100 Å². The predicted octanol–water partition coefficient (Wildman–Crippen LogP) is 5.30. The Morgan fingerprint density at radius 1 is 1.03 bits per heavy atom. The van der Waals surface area contributed by atoms with Gasteiger partial charge in [0.25, 0.3) is 0 Å². The lowest BCUT2D eigenvalue weighted by molar-refractivity contribution is 0.174. The molecule has 2 aliphatic heterocycles. The van der Waals surface area contributed by atoms with Crippen LogP contribution in [-0.4, -0.2) is 17.5 Å². The molecule has 0 radical (unpaired) electrons. The first-order valence-electron chi connectivity index (χ1n) is 9.91. The molecule has 5 nitrogen and oxygen atoms in total. The Bertz CT molecular complexity index is 1190. The van der Waals surface area contributed by atoms with Crippen molar-refractivity contribution in [2.24, 2.45) is 4.99 Å². The summed E-state index contributed by atoms with van der Waals surface area (Å²) in [6.07, 6.45) is 4.02. The molecular weight excluding hydrogens is 376 g/mol. The highest BCUT2D eigenvalue weighted by molar-refractivity contribution is 6.12. The molecule has 150 valence electrons. The highest BCUT2D eigenvalue weighted by Crippen LogP contribution is 2.34. The second kappa shape index (κ2) is 7.59. The van der Waals surface area contributed by atoms with Crippen LogP contribution in [0.1, 0.15) is 28.1 Å². The first kappa shape index (κ1) is 18.3. The van der Waals surface area contributed by atoms with E-state index in [1.807, 2.05) is 55.5 Å². The Kier molecular flexibility index (Phi) is 4.64. The summed E-state index contributed by atoms with van der Waals surface area (Å²) in [5, 5.41) is 0. The quantitative estimate of drug-likeness (QED) is 0.634. The number of benzene rings is 2. The minimum absolute atomic E-state index is 0.253. The van der Waals surface area contributed by atoms with Crippen molar-refractivity contribution in [2.45, 2.75) is 20.5 Å². The minimum Gasteiger partial charge on any atom is -0.487 e. The van der Waals surface area contributed by atoms with Crippen LogP contribution in [0.4, 0.5) is 0 Å². The van der Waals surface area contributed by atoms with Crippen molar-refractivity contribution in [3.63, 3.8) is 0 Å². The van der Waals surface area contributed by atoms with Gasteiger partial charge in [-0.25, -0.2) is 4.99 Å². The van der Waals surface area contributed by atoms with Gasteiger partial charge in [0.2, 0.25) is 6.79 Å². The highest BCUT2D eigenvalue weighted by atomic mass is 16.7. The zero-order valence-electron chi connectivity index (χ0n) is 16.9. The van der Waals surface area contributed by atoms with E-state index >= 15 is 0 Å². The van der Waals surface area contributed by atoms with Gasteiger partial charge in [0.05, 0.1) is 5.71 Å². The third-order valence-electron chi connectivity index (χ3n) is 5.14. The number of aromatic amines is 1. The first-order chi connectivity index (χ1) is 14.7. The van der Waals surface area contributed by atoms with E-state index < -0.39 is 0 Å². The highest BCUT2D eigenvalue weighted by Gasteiger charge is 2.21. The van der Waals surface area contributed by atoms with Gasteiger partial charge < -0.3 is 19.2 Å². The number of aromatic nitrogens is 1. The number of H-pyrrole nitrogens is 1. The molecule has 0 spiro atoms. The zero-order chi connectivity index (χ0) is 20.5. The number of aliphatic imine (C=N–C) groups is 1. The molecule has 3 heterocycles. The maximum Gasteiger partial charge on any atom is 0.231 e. The number of fused-ring (bicyclic) bond motifs is 1. The van der Waals surface area contributed by atoms with Gasteiger partial charge in [0.15, 0.2) is 11.5 Å². The normalized spacial score (nSPS) is 16.0. The average molecular weight is 398 g/mol. The first-order valence-corrected chi connectivity index (χ1v) is 9.91. The van der Waals surface area contributed by atoms with Crippen molar-refractivity contribution < 1.29 is 14.2 Å². The van der Waals surface area contributed by atoms with Gasteiger partial charge >= 0.3 is 0 Å². The fourth-order valence-electron chi connectivity index (χ4n) is 3.61. The molecule has 0 fully saturated rings. The number of hydrogen-bond donors (Lipinski definition) is 1. The zero-order valence-corrected chi connectivity index (χ0v) is 16.9. The Morgan fingerprint density at radius 2 is 1.87 bits per heavy atom. The molecule has 5 heteroatoms. The van der Waals surface area contributed by atoms with Crippen LogP contribution in [0.25, 0.3) is 6.08 Å². The molecule has 0 unspecified atom stereocenters. The van der Waals surface area contributed by atoms with Crippen LogP contribution in [0, 0.1) is 13.8 Å². The van der Waals surface area contributed by atoms with Crippen LogP contribution in [0.3, 0.4) is 0 Å². The minimum atomic E-state index is 0.253. The smallest absolute Gasteiger partial charge is 0.231 e. The molecule has 2 aliphatic rings. The molecule has 1 aromatic heterocycles. The molecule has 0 amide bonds. The Hall–Kier alpha value is -3.73. The van der Waals surface area contributed by atoms with Crippen molar-refractivity contribution in [1.82, 2.24) is 4.98 Å². The lowest BCUT2D eigenvalue weighted by atomic mass is 10.1. The number of allylic oxidation sites excluding steroid dienone is 1. The molecule has 0 saturated carbocycles. The van der Waals surface area contributed by atoms with Crippen LogP contribution in [0.5, 0.6) is 11.5 Å². The van der Waals surface area contributed by atoms with E-state index in [0.29, 0.717) is 6.61 Å². The van der Waals surface area contributed by atoms with Crippen molar-refractivity contribution in [1.29, 1.82) is 0 Å². The standard InChI is InChI=1S/C25H22N2O3/c1-16-10-17(2)26-20(16)12-22-24(28-14-18-6-4-3-5-7-18)13-21(27-22)19-8-9-23-25(11-19)30-15-29-23/h3-13,26H,14-15H2,1-2H3. The van der Waals surface area contributed by atoms with Crippen molar-refractivity contribution in [3.8, 4) is 11.5 Å². The Morgan fingerprint density at radius 3 is 2.67 bits per heavy atom. The maximum atomic E-state index is 6.17. The molecule has 0 bridgehead atoms. The van der Waals surface area contributed by atoms with Crippen LogP contribution in [0.15, 0.2) is 77.1 Å². The lowest BCUT2D eigenvalue weighted by Gasteiger charge is -2.08. The van der Waals surface area contributed by atoms with Gasteiger partial charge in [0, 0.05) is 23.0 Å². The average Bonchev–Trinajstić information content (AvgIpc) is 3.46. The van der Waals surface area contributed by atoms with Gasteiger partial charge in [-0.3, -0.25) is 0 Å². The fourth-order valence-corrected chi connectivity index (χ4v) is 3.61. The van der Waals surface area contributed by atoms with Crippen LogP contribution in [-0.2, 0) is 11.3 Å². The van der Waals surface area contributed by atoms with E-state index in [0.717, 1.165) is 51.2 Å². The van der Waals surface area contributed by atoms with Crippen LogP contribution in [0.2, 0.25) is 0 Å². The van der Waals surface area contributed by atoms with Gasteiger partial charge in [-0.1, -0.05) is 30.3 Å². The van der Waals surface area contributed by atoms with Gasteiger partial charge in [-0.2, -0.15) is 0 Å². The molecular formula is C25H22N2O3. The Balaban J connectivity index is 1.48. The summed E-state index contributed by atoms with van der Waals surface area (Å²) in [7, 11) is 0. The summed E-state index contributed by atoms with van der Waals surface area (Å²) in [5.74, 6) is 2.25. The second-order valence-corrected chi connectivity index (χ2v) is 7.43. The fraction of sp³-hybridized carbons (Fsp3) is 0.160. The SMILES string of the molecule is Cc1cc(C)c(C=C2N=C(c3ccc4c(c3)OCO4)C=C2OCc2ccccc2)[nH]1. The lowest BCUT2D eigenvalue weighted by Crippen LogP contribution is -1.95. The summed E-state index contributed by atoms with van der Waals surface area (Å²) in [6.45, 7) is 4.87. The third-order valence-corrected chi connectivity index (χ3v) is 5.14. The molecule has 0 aliphatic carbocycles. The van der Waals surface area contributed by atoms with Crippen LogP contribution < -0.4 is 9.47 Å². The summed E-state index contributed by atoms with van der Waals surface area (Å²) in [4.78, 5) is 8.26. The number of rotatable bonds is 5. The molecule has 0 saturated heterocycles.